The van der Waals surface area contributed by atoms with Gasteiger partial charge in [0.15, 0.2) is 0 Å². The van der Waals surface area contributed by atoms with Crippen molar-refractivity contribution in [2.45, 2.75) is 27.7 Å². The van der Waals surface area contributed by atoms with Crippen molar-refractivity contribution in [2.24, 2.45) is 11.1 Å². The van der Waals surface area contributed by atoms with Gasteiger partial charge in [-0.2, -0.15) is 0 Å². The van der Waals surface area contributed by atoms with Crippen LogP contribution in [0, 0.1) is 5.41 Å². The van der Waals surface area contributed by atoms with Crippen LogP contribution in [0.4, 0.5) is 5.69 Å². The first-order chi connectivity index (χ1) is 9.84. The summed E-state index contributed by atoms with van der Waals surface area (Å²) < 4.78 is 0. The molecule has 5 heteroatoms. The second-order valence-electron chi connectivity index (χ2n) is 6.10. The van der Waals surface area contributed by atoms with Gasteiger partial charge in [0, 0.05) is 38.6 Å². The molecule has 0 aliphatic heterocycles. The number of hydrogen-bond donors (Lipinski definition) is 1. The van der Waals surface area contributed by atoms with Gasteiger partial charge in [0.1, 0.15) is 5.69 Å². The first-order valence-corrected chi connectivity index (χ1v) is 7.51. The molecule has 21 heavy (non-hydrogen) atoms. The van der Waals surface area contributed by atoms with Crippen molar-refractivity contribution < 1.29 is 4.79 Å². The molecule has 0 saturated carbocycles. The lowest BCUT2D eigenvalue weighted by atomic mass is 9.93. The van der Waals surface area contributed by atoms with Gasteiger partial charge < -0.3 is 15.5 Å². The van der Waals surface area contributed by atoms with Gasteiger partial charge in [-0.3, -0.25) is 9.78 Å². The zero-order valence-corrected chi connectivity index (χ0v) is 13.9. The molecule has 0 aliphatic rings. The van der Waals surface area contributed by atoms with E-state index in [4.69, 9.17) is 5.73 Å². The number of aromatic nitrogens is 1. The lowest BCUT2D eigenvalue weighted by molar-refractivity contribution is 0.0767. The Balaban J connectivity index is 2.92. The molecule has 118 valence electrons. The third kappa shape index (κ3) is 4.70. The Hall–Kier alpha value is -1.62. The van der Waals surface area contributed by atoms with Gasteiger partial charge in [-0.05, 0) is 37.9 Å². The highest BCUT2D eigenvalue weighted by molar-refractivity contribution is 5.93. The van der Waals surface area contributed by atoms with Crippen LogP contribution in [-0.4, -0.2) is 49.0 Å². The van der Waals surface area contributed by atoms with Crippen LogP contribution in [0.1, 0.15) is 38.2 Å². The Kier molecular flexibility index (Phi) is 6.15. The van der Waals surface area contributed by atoms with Crippen molar-refractivity contribution in [1.82, 2.24) is 9.88 Å². The summed E-state index contributed by atoms with van der Waals surface area (Å²) in [7, 11) is 2.01. The summed E-state index contributed by atoms with van der Waals surface area (Å²) in [6, 6.07) is 3.78. The molecule has 0 atom stereocenters. The van der Waals surface area contributed by atoms with Crippen molar-refractivity contribution in [2.75, 3.05) is 38.1 Å². The van der Waals surface area contributed by atoms with Gasteiger partial charge in [0.05, 0.1) is 0 Å². The number of carbonyl (C=O) groups excluding carboxylic acids is 1. The fraction of sp³-hybridized carbons (Fsp3) is 0.625. The predicted octanol–water partition coefficient (Wildman–Crippen LogP) is 1.98. The average Bonchev–Trinajstić information content (AvgIpc) is 2.48. The summed E-state index contributed by atoms with van der Waals surface area (Å²) in [5.41, 5.74) is 7.30. The van der Waals surface area contributed by atoms with Crippen LogP contribution in [0.25, 0.3) is 0 Å². The number of carbonyl (C=O) groups is 1. The number of anilines is 1. The second-order valence-corrected chi connectivity index (χ2v) is 6.10. The number of nitrogens with zero attached hydrogens (tertiary/aromatic N) is 3. The highest BCUT2D eigenvalue weighted by Gasteiger charge is 2.20. The minimum atomic E-state index is -0.0201. The molecule has 0 saturated heterocycles. The highest BCUT2D eigenvalue weighted by atomic mass is 16.2. The van der Waals surface area contributed by atoms with Crippen LogP contribution in [0.2, 0.25) is 0 Å². The van der Waals surface area contributed by atoms with Crippen LogP contribution < -0.4 is 10.6 Å². The summed E-state index contributed by atoms with van der Waals surface area (Å²) in [6.07, 6.45) is 1.69. The minimum absolute atomic E-state index is 0.0201. The van der Waals surface area contributed by atoms with Crippen LogP contribution in [0.3, 0.4) is 0 Å². The van der Waals surface area contributed by atoms with Crippen molar-refractivity contribution in [1.29, 1.82) is 0 Å². The smallest absolute Gasteiger partial charge is 0.272 e. The molecule has 1 heterocycles. The maximum atomic E-state index is 12.3. The van der Waals surface area contributed by atoms with Crippen molar-refractivity contribution in [3.05, 3.63) is 24.0 Å². The Morgan fingerprint density at radius 1 is 1.33 bits per heavy atom. The zero-order chi connectivity index (χ0) is 16.0. The van der Waals surface area contributed by atoms with Gasteiger partial charge >= 0.3 is 0 Å². The first kappa shape index (κ1) is 17.4. The van der Waals surface area contributed by atoms with Crippen LogP contribution >= 0.6 is 0 Å². The van der Waals surface area contributed by atoms with E-state index in [1.165, 1.54) is 0 Å². The molecule has 1 rings (SSSR count). The van der Waals surface area contributed by atoms with E-state index in [-0.39, 0.29) is 11.3 Å². The third-order valence-corrected chi connectivity index (χ3v) is 3.67. The standard InChI is InChI=1S/C16H28N4O/c1-6-20(7-2)15(21)14-10-13(8-9-18-14)19(5)12-16(3,4)11-17/h8-10H,6-7,11-12,17H2,1-5H3. The third-order valence-electron chi connectivity index (χ3n) is 3.67. The lowest BCUT2D eigenvalue weighted by Gasteiger charge is -2.30. The Bertz CT molecular complexity index is 469. The fourth-order valence-electron chi connectivity index (χ4n) is 2.24. The summed E-state index contributed by atoms with van der Waals surface area (Å²) in [6.45, 7) is 11.0. The molecular weight excluding hydrogens is 264 g/mol. The fourth-order valence-corrected chi connectivity index (χ4v) is 2.24. The molecular formula is C16H28N4O. The molecule has 2 N–H and O–H groups in total. The lowest BCUT2D eigenvalue weighted by Crippen LogP contribution is -2.37. The van der Waals surface area contributed by atoms with Crippen molar-refractivity contribution in [3.8, 4) is 0 Å². The largest absolute Gasteiger partial charge is 0.374 e. The van der Waals surface area contributed by atoms with Gasteiger partial charge in [-0.1, -0.05) is 13.8 Å². The zero-order valence-electron chi connectivity index (χ0n) is 13.9. The molecule has 1 aromatic rings. The van der Waals surface area contributed by atoms with Gasteiger partial charge in [-0.25, -0.2) is 0 Å². The van der Waals surface area contributed by atoms with E-state index < -0.39 is 0 Å². The summed E-state index contributed by atoms with van der Waals surface area (Å²) in [5.74, 6) is -0.0201. The second kappa shape index (κ2) is 7.41. The number of nitrogens with two attached hydrogens (primary N) is 1. The van der Waals surface area contributed by atoms with E-state index in [2.05, 4.69) is 23.7 Å². The van der Waals surface area contributed by atoms with E-state index >= 15 is 0 Å². The topological polar surface area (TPSA) is 62.5 Å². The molecule has 0 radical (unpaired) electrons. The average molecular weight is 292 g/mol. The Morgan fingerprint density at radius 2 is 1.95 bits per heavy atom. The van der Waals surface area contributed by atoms with Crippen LogP contribution in [0.5, 0.6) is 0 Å². The molecule has 1 amide bonds. The minimum Gasteiger partial charge on any atom is -0.374 e. The number of hydrogen-bond acceptors (Lipinski definition) is 4. The molecule has 1 aromatic heterocycles. The van der Waals surface area contributed by atoms with E-state index in [9.17, 15) is 4.79 Å². The maximum absolute atomic E-state index is 12.3. The normalized spacial score (nSPS) is 11.3. The van der Waals surface area contributed by atoms with Crippen LogP contribution in [0.15, 0.2) is 18.3 Å². The molecule has 0 aliphatic carbocycles. The molecule has 5 nitrogen and oxygen atoms in total. The SMILES string of the molecule is CCN(CC)C(=O)c1cc(N(C)CC(C)(C)CN)ccn1. The van der Waals surface area contributed by atoms with Gasteiger partial charge in [0.2, 0.25) is 0 Å². The molecule has 0 spiro atoms. The molecule has 0 unspecified atom stereocenters. The number of pyridine rings is 1. The van der Waals surface area contributed by atoms with Crippen molar-refractivity contribution >= 4 is 11.6 Å². The number of rotatable bonds is 7. The van der Waals surface area contributed by atoms with Gasteiger partial charge in [-0.15, -0.1) is 0 Å². The highest BCUT2D eigenvalue weighted by Crippen LogP contribution is 2.20. The van der Waals surface area contributed by atoms with Gasteiger partial charge in [0.25, 0.3) is 5.91 Å². The first-order valence-electron chi connectivity index (χ1n) is 7.51. The molecule has 0 bridgehead atoms. The predicted molar refractivity (Wildman–Crippen MR) is 87.6 cm³/mol. The van der Waals surface area contributed by atoms with E-state index in [0.29, 0.717) is 25.3 Å². The quantitative estimate of drug-likeness (QED) is 0.835. The van der Waals surface area contributed by atoms with E-state index in [1.54, 1.807) is 11.1 Å². The van der Waals surface area contributed by atoms with Crippen molar-refractivity contribution in [3.63, 3.8) is 0 Å². The van der Waals surface area contributed by atoms with E-state index in [1.807, 2.05) is 33.0 Å². The van der Waals surface area contributed by atoms with Crippen LogP contribution in [-0.2, 0) is 0 Å². The summed E-state index contributed by atoms with van der Waals surface area (Å²) in [5, 5.41) is 0. The van der Waals surface area contributed by atoms with E-state index in [0.717, 1.165) is 12.2 Å². The Labute approximate surface area is 128 Å². The Morgan fingerprint density at radius 3 is 2.48 bits per heavy atom. The monoisotopic (exact) mass is 292 g/mol. The summed E-state index contributed by atoms with van der Waals surface area (Å²) in [4.78, 5) is 20.5. The number of amides is 1. The summed E-state index contributed by atoms with van der Waals surface area (Å²) >= 11 is 0. The maximum Gasteiger partial charge on any atom is 0.272 e. The molecule has 0 aromatic carbocycles. The molecule has 0 fully saturated rings.